The molecule has 0 saturated carbocycles. The summed E-state index contributed by atoms with van der Waals surface area (Å²) in [5, 5.41) is -0.339. The van der Waals surface area contributed by atoms with Gasteiger partial charge in [-0.3, -0.25) is 4.79 Å². The number of hydrogen-bond acceptors (Lipinski definition) is 2. The molecule has 0 radical (unpaired) electrons. The van der Waals surface area contributed by atoms with E-state index in [1.807, 2.05) is 54.6 Å². The summed E-state index contributed by atoms with van der Waals surface area (Å²) < 4.78 is 5.11. The molecule has 2 rings (SSSR count). The van der Waals surface area contributed by atoms with Crippen LogP contribution in [0.4, 0.5) is 0 Å². The molecule has 3 heteroatoms. The Morgan fingerprint density at radius 1 is 1.11 bits per heavy atom. The Morgan fingerprint density at radius 3 is 2.26 bits per heavy atom. The number of benzene rings is 2. The van der Waals surface area contributed by atoms with Crippen molar-refractivity contribution in [2.75, 3.05) is 7.11 Å². The van der Waals surface area contributed by atoms with Crippen LogP contribution in [0.3, 0.4) is 0 Å². The molecule has 0 spiro atoms. The maximum absolute atomic E-state index is 11.6. The first-order chi connectivity index (χ1) is 9.20. The summed E-state index contributed by atoms with van der Waals surface area (Å²) in [5.74, 6) is 0.444. The normalized spacial score (nSPS) is 11.9. The Labute approximate surface area is 118 Å². The minimum Gasteiger partial charge on any atom is -0.497 e. The van der Waals surface area contributed by atoms with Crippen LogP contribution in [0.1, 0.15) is 17.0 Å². The summed E-state index contributed by atoms with van der Waals surface area (Å²) in [6, 6.07) is 17.3. The monoisotopic (exact) mass is 274 g/mol. The Hall–Kier alpha value is -1.80. The van der Waals surface area contributed by atoms with E-state index in [9.17, 15) is 4.79 Å². The highest BCUT2D eigenvalue weighted by molar-refractivity contribution is 6.64. The van der Waals surface area contributed by atoms with E-state index in [1.165, 1.54) is 0 Å². The van der Waals surface area contributed by atoms with Gasteiger partial charge in [-0.15, -0.1) is 0 Å². The third-order valence-corrected chi connectivity index (χ3v) is 3.34. The first kappa shape index (κ1) is 13.6. The largest absolute Gasteiger partial charge is 0.497 e. The number of rotatable bonds is 5. The molecule has 0 N–H and O–H groups in total. The molecule has 1 atom stereocenters. The summed E-state index contributed by atoms with van der Waals surface area (Å²) in [5.41, 5.74) is 2.00. The van der Waals surface area contributed by atoms with E-state index in [0.29, 0.717) is 6.42 Å². The van der Waals surface area contributed by atoms with Gasteiger partial charge in [0.1, 0.15) is 5.75 Å². The molecule has 19 heavy (non-hydrogen) atoms. The molecule has 2 aromatic carbocycles. The van der Waals surface area contributed by atoms with E-state index >= 15 is 0 Å². The summed E-state index contributed by atoms with van der Waals surface area (Å²) in [6.45, 7) is 0. The fourth-order valence-electron chi connectivity index (χ4n) is 2.02. The Morgan fingerprint density at radius 2 is 1.74 bits per heavy atom. The predicted octanol–water partition coefficient (Wildman–Crippen LogP) is 3.79. The lowest BCUT2D eigenvalue weighted by molar-refractivity contribution is -0.113. The van der Waals surface area contributed by atoms with Crippen molar-refractivity contribution < 1.29 is 9.53 Å². The van der Waals surface area contributed by atoms with E-state index in [2.05, 4.69) is 0 Å². The average Bonchev–Trinajstić information content (AvgIpc) is 2.46. The fourth-order valence-corrected chi connectivity index (χ4v) is 2.22. The van der Waals surface area contributed by atoms with Crippen molar-refractivity contribution in [3.8, 4) is 5.75 Å². The number of carbonyl (C=O) groups is 1. The van der Waals surface area contributed by atoms with Gasteiger partial charge in [-0.2, -0.15) is 0 Å². The van der Waals surface area contributed by atoms with Crippen LogP contribution in [0.25, 0.3) is 0 Å². The average molecular weight is 275 g/mol. The molecule has 2 aromatic rings. The Kier molecular flexibility index (Phi) is 4.58. The van der Waals surface area contributed by atoms with Gasteiger partial charge in [0.25, 0.3) is 0 Å². The lowest BCUT2D eigenvalue weighted by Crippen LogP contribution is -2.10. The maximum Gasteiger partial charge on any atom is 0.229 e. The van der Waals surface area contributed by atoms with Gasteiger partial charge in [-0.25, -0.2) is 0 Å². The van der Waals surface area contributed by atoms with Gasteiger partial charge in [0.15, 0.2) is 0 Å². The van der Waals surface area contributed by atoms with Crippen molar-refractivity contribution in [1.29, 1.82) is 0 Å². The van der Waals surface area contributed by atoms with Gasteiger partial charge in [0.2, 0.25) is 5.24 Å². The molecular weight excluding hydrogens is 260 g/mol. The van der Waals surface area contributed by atoms with Crippen molar-refractivity contribution in [3.63, 3.8) is 0 Å². The molecule has 0 aliphatic rings. The maximum atomic E-state index is 11.6. The Bertz CT molecular complexity index is 534. The molecule has 0 fully saturated rings. The summed E-state index contributed by atoms with van der Waals surface area (Å²) in [4.78, 5) is 11.6. The second-order valence-corrected chi connectivity index (χ2v) is 4.69. The molecule has 0 aliphatic carbocycles. The minimum atomic E-state index is -0.339. The van der Waals surface area contributed by atoms with Gasteiger partial charge in [-0.05, 0) is 41.3 Å². The van der Waals surface area contributed by atoms with Crippen LogP contribution in [0.2, 0.25) is 0 Å². The number of carbonyl (C=O) groups excluding carboxylic acids is 1. The van der Waals surface area contributed by atoms with Gasteiger partial charge in [0, 0.05) is 0 Å². The van der Waals surface area contributed by atoms with Crippen LogP contribution < -0.4 is 4.74 Å². The highest BCUT2D eigenvalue weighted by Crippen LogP contribution is 2.25. The minimum absolute atomic E-state index is 0.324. The smallest absolute Gasteiger partial charge is 0.229 e. The topological polar surface area (TPSA) is 26.3 Å². The first-order valence-corrected chi connectivity index (χ1v) is 6.45. The lowest BCUT2D eigenvalue weighted by atomic mass is 9.93. The van der Waals surface area contributed by atoms with Crippen molar-refractivity contribution in [1.82, 2.24) is 0 Å². The molecule has 0 aromatic heterocycles. The summed E-state index contributed by atoms with van der Waals surface area (Å²) in [7, 11) is 1.61. The highest BCUT2D eigenvalue weighted by atomic mass is 35.5. The third kappa shape index (κ3) is 3.58. The number of hydrogen-bond donors (Lipinski definition) is 0. The van der Waals surface area contributed by atoms with Crippen molar-refractivity contribution in [2.24, 2.45) is 0 Å². The molecule has 0 heterocycles. The zero-order valence-electron chi connectivity index (χ0n) is 10.7. The van der Waals surface area contributed by atoms with E-state index < -0.39 is 0 Å². The van der Waals surface area contributed by atoms with E-state index in [1.54, 1.807) is 7.11 Å². The zero-order chi connectivity index (χ0) is 13.7. The molecule has 1 unspecified atom stereocenters. The standard InChI is InChI=1S/C16H15ClO2/c1-19-14-9-7-13(8-10-14)15(16(17)18)11-12-5-3-2-4-6-12/h2-10,15H,11H2,1H3. The quantitative estimate of drug-likeness (QED) is 0.776. The SMILES string of the molecule is COc1ccc(C(Cc2ccccc2)C(=O)Cl)cc1. The molecule has 0 saturated heterocycles. The number of methoxy groups -OCH3 is 1. The number of halogens is 1. The molecule has 98 valence electrons. The number of ether oxygens (including phenoxy) is 1. The lowest BCUT2D eigenvalue weighted by Gasteiger charge is -2.13. The summed E-state index contributed by atoms with van der Waals surface area (Å²) >= 11 is 5.73. The Balaban J connectivity index is 2.22. The second kappa shape index (κ2) is 6.39. The van der Waals surface area contributed by atoms with Crippen molar-refractivity contribution >= 4 is 16.8 Å². The molecule has 2 nitrogen and oxygen atoms in total. The predicted molar refractivity (Wildman–Crippen MR) is 76.7 cm³/mol. The summed E-state index contributed by atoms with van der Waals surface area (Å²) in [6.07, 6.45) is 0.607. The van der Waals surface area contributed by atoms with Crippen LogP contribution in [-0.2, 0) is 11.2 Å². The first-order valence-electron chi connectivity index (χ1n) is 6.08. The van der Waals surface area contributed by atoms with Crippen molar-refractivity contribution in [2.45, 2.75) is 12.3 Å². The van der Waals surface area contributed by atoms with Crippen LogP contribution in [0, 0.1) is 0 Å². The van der Waals surface area contributed by atoms with Gasteiger partial charge >= 0.3 is 0 Å². The van der Waals surface area contributed by atoms with Crippen LogP contribution in [-0.4, -0.2) is 12.4 Å². The molecule has 0 bridgehead atoms. The van der Waals surface area contributed by atoms with E-state index in [0.717, 1.165) is 16.9 Å². The van der Waals surface area contributed by atoms with Gasteiger partial charge < -0.3 is 4.74 Å². The molecular formula is C16H15ClO2. The van der Waals surface area contributed by atoms with Gasteiger partial charge in [0.05, 0.1) is 13.0 Å². The molecule has 0 aliphatic heterocycles. The van der Waals surface area contributed by atoms with Crippen LogP contribution in [0.5, 0.6) is 5.75 Å². The highest BCUT2D eigenvalue weighted by Gasteiger charge is 2.19. The fraction of sp³-hybridized carbons (Fsp3) is 0.188. The van der Waals surface area contributed by atoms with Crippen LogP contribution in [0.15, 0.2) is 54.6 Å². The third-order valence-electron chi connectivity index (χ3n) is 3.07. The van der Waals surface area contributed by atoms with E-state index in [-0.39, 0.29) is 11.2 Å². The second-order valence-electron chi connectivity index (χ2n) is 4.32. The van der Waals surface area contributed by atoms with Crippen molar-refractivity contribution in [3.05, 3.63) is 65.7 Å². The zero-order valence-corrected chi connectivity index (χ0v) is 11.4. The van der Waals surface area contributed by atoms with E-state index in [4.69, 9.17) is 16.3 Å². The van der Waals surface area contributed by atoms with Gasteiger partial charge in [-0.1, -0.05) is 42.5 Å². The molecule has 0 amide bonds. The van der Waals surface area contributed by atoms with Crippen LogP contribution >= 0.6 is 11.6 Å².